The number of ether oxygens (including phenoxy) is 1. The summed E-state index contributed by atoms with van der Waals surface area (Å²) >= 11 is 0. The van der Waals surface area contributed by atoms with Crippen LogP contribution in [0.15, 0.2) is 36.5 Å². The molecule has 0 bridgehead atoms. The number of carbonyl (C=O) groups excluding carboxylic acids is 2. The van der Waals surface area contributed by atoms with Crippen molar-refractivity contribution in [1.29, 1.82) is 0 Å². The molecule has 0 radical (unpaired) electrons. The molecule has 2 aromatic rings. The van der Waals surface area contributed by atoms with Gasteiger partial charge in [-0.25, -0.2) is 9.37 Å². The summed E-state index contributed by atoms with van der Waals surface area (Å²) in [5, 5.41) is 4.88. The summed E-state index contributed by atoms with van der Waals surface area (Å²) in [6, 6.07) is 5.60. The van der Waals surface area contributed by atoms with Gasteiger partial charge in [-0.2, -0.15) is 0 Å². The Hall–Kier alpha value is -3.17. The van der Waals surface area contributed by atoms with Gasteiger partial charge in [0.05, 0.1) is 0 Å². The normalized spacial score (nSPS) is 11.0. The van der Waals surface area contributed by atoms with Gasteiger partial charge in [0.15, 0.2) is 11.6 Å². The Labute approximate surface area is 145 Å². The molecule has 2 rings (SSSR count). The first-order chi connectivity index (χ1) is 12.1. The second kappa shape index (κ2) is 7.81. The molecule has 138 valence electrons. The minimum absolute atomic E-state index is 0.162. The van der Waals surface area contributed by atoms with E-state index in [-0.39, 0.29) is 29.4 Å². The maximum absolute atomic E-state index is 13.4. The molecule has 0 saturated carbocycles. The van der Waals surface area contributed by atoms with Gasteiger partial charge in [-0.3, -0.25) is 9.59 Å². The fraction of sp³-hybridized carbons (Fsp3) is 0.188. The van der Waals surface area contributed by atoms with Crippen LogP contribution < -0.4 is 15.4 Å². The second-order valence-corrected chi connectivity index (χ2v) is 5.11. The zero-order chi connectivity index (χ0) is 19.3. The van der Waals surface area contributed by atoms with Crippen molar-refractivity contribution in [2.45, 2.75) is 19.8 Å². The Morgan fingerprint density at radius 2 is 1.92 bits per heavy atom. The highest BCUT2D eigenvalue weighted by atomic mass is 19.4. The van der Waals surface area contributed by atoms with Crippen LogP contribution in [0.4, 0.5) is 23.4 Å². The third kappa shape index (κ3) is 5.72. The van der Waals surface area contributed by atoms with Gasteiger partial charge in [0.1, 0.15) is 5.82 Å². The fourth-order valence-corrected chi connectivity index (χ4v) is 1.97. The van der Waals surface area contributed by atoms with E-state index in [1.165, 1.54) is 31.3 Å². The summed E-state index contributed by atoms with van der Waals surface area (Å²) in [6.07, 6.45) is -3.72. The van der Waals surface area contributed by atoms with E-state index in [1.54, 1.807) is 0 Å². The van der Waals surface area contributed by atoms with Crippen molar-refractivity contribution in [2.24, 2.45) is 0 Å². The lowest BCUT2D eigenvalue weighted by Crippen LogP contribution is -2.23. The SMILES string of the molecule is CC(=O)Nc1cc(C(=O)NCc2ccc(F)c(OC(F)(F)F)c2)ccn1. The number of amides is 2. The molecule has 0 fully saturated rings. The molecule has 1 aromatic heterocycles. The number of nitrogens with zero attached hydrogens (tertiary/aromatic N) is 1. The number of hydrogen-bond donors (Lipinski definition) is 2. The van der Waals surface area contributed by atoms with Crippen LogP contribution in [0.2, 0.25) is 0 Å². The molecule has 0 aliphatic heterocycles. The Morgan fingerprint density at radius 3 is 2.58 bits per heavy atom. The number of nitrogens with one attached hydrogen (secondary N) is 2. The van der Waals surface area contributed by atoms with Crippen molar-refractivity contribution in [2.75, 3.05) is 5.32 Å². The van der Waals surface area contributed by atoms with Crippen LogP contribution >= 0.6 is 0 Å². The van der Waals surface area contributed by atoms with Crippen LogP contribution in [-0.2, 0) is 11.3 Å². The van der Waals surface area contributed by atoms with Gasteiger partial charge < -0.3 is 15.4 Å². The molecule has 6 nitrogen and oxygen atoms in total. The third-order valence-corrected chi connectivity index (χ3v) is 3.00. The Balaban J connectivity index is 2.05. The Bertz CT molecular complexity index is 825. The molecule has 26 heavy (non-hydrogen) atoms. The number of anilines is 1. The van der Waals surface area contributed by atoms with Crippen LogP contribution in [0.1, 0.15) is 22.8 Å². The summed E-state index contributed by atoms with van der Waals surface area (Å²) in [5.74, 6) is -2.90. The van der Waals surface area contributed by atoms with E-state index < -0.39 is 23.8 Å². The average Bonchev–Trinajstić information content (AvgIpc) is 2.53. The van der Waals surface area contributed by atoms with Crippen LogP contribution in [0, 0.1) is 5.82 Å². The Kier molecular flexibility index (Phi) is 5.75. The molecule has 0 unspecified atom stereocenters. The van der Waals surface area contributed by atoms with Crippen molar-refractivity contribution >= 4 is 17.6 Å². The maximum Gasteiger partial charge on any atom is 0.573 e. The van der Waals surface area contributed by atoms with Crippen LogP contribution in [0.3, 0.4) is 0 Å². The summed E-state index contributed by atoms with van der Waals surface area (Å²) in [5.41, 5.74) is 0.382. The van der Waals surface area contributed by atoms with E-state index in [0.29, 0.717) is 0 Å². The predicted octanol–water partition coefficient (Wildman–Crippen LogP) is 3.01. The largest absolute Gasteiger partial charge is 0.573 e. The molecule has 0 spiro atoms. The topological polar surface area (TPSA) is 80.3 Å². The minimum Gasteiger partial charge on any atom is -0.403 e. The molecule has 2 amide bonds. The quantitative estimate of drug-likeness (QED) is 0.792. The van der Waals surface area contributed by atoms with E-state index in [0.717, 1.165) is 12.1 Å². The standard InChI is InChI=1S/C16H13F4N3O3/c1-9(24)23-14-7-11(4-5-21-14)15(25)22-8-10-2-3-12(17)13(6-10)26-16(18,19)20/h2-7H,8H2,1H3,(H,22,25)(H,21,23,24). The van der Waals surface area contributed by atoms with E-state index in [9.17, 15) is 27.2 Å². The molecule has 10 heteroatoms. The van der Waals surface area contributed by atoms with Gasteiger partial charge in [-0.05, 0) is 29.8 Å². The molecular formula is C16H13F4N3O3. The number of alkyl halides is 3. The first-order valence-corrected chi connectivity index (χ1v) is 7.20. The van der Waals surface area contributed by atoms with Gasteiger partial charge in [0.2, 0.25) is 5.91 Å². The summed E-state index contributed by atoms with van der Waals surface area (Å²) in [6.45, 7) is 1.12. The lowest BCUT2D eigenvalue weighted by molar-refractivity contribution is -0.275. The first-order valence-electron chi connectivity index (χ1n) is 7.20. The highest BCUT2D eigenvalue weighted by molar-refractivity contribution is 5.96. The summed E-state index contributed by atoms with van der Waals surface area (Å²) in [7, 11) is 0. The van der Waals surface area contributed by atoms with E-state index >= 15 is 0 Å². The number of aromatic nitrogens is 1. The number of carbonyl (C=O) groups is 2. The molecule has 1 aromatic carbocycles. The Morgan fingerprint density at radius 1 is 1.19 bits per heavy atom. The number of rotatable bonds is 5. The van der Waals surface area contributed by atoms with Crippen molar-refractivity contribution in [3.8, 4) is 5.75 Å². The zero-order valence-corrected chi connectivity index (χ0v) is 13.4. The predicted molar refractivity (Wildman–Crippen MR) is 82.8 cm³/mol. The number of halogens is 4. The van der Waals surface area contributed by atoms with Gasteiger partial charge >= 0.3 is 6.36 Å². The van der Waals surface area contributed by atoms with Crippen molar-refractivity contribution in [3.63, 3.8) is 0 Å². The molecule has 0 saturated heterocycles. The number of pyridine rings is 1. The lowest BCUT2D eigenvalue weighted by Gasteiger charge is -2.12. The van der Waals surface area contributed by atoms with Crippen molar-refractivity contribution in [3.05, 3.63) is 53.5 Å². The minimum atomic E-state index is -5.03. The van der Waals surface area contributed by atoms with Gasteiger partial charge in [0, 0.05) is 25.2 Å². The van der Waals surface area contributed by atoms with E-state index in [1.807, 2.05) is 0 Å². The lowest BCUT2D eigenvalue weighted by atomic mass is 10.2. The number of benzene rings is 1. The first kappa shape index (κ1) is 19.2. The van der Waals surface area contributed by atoms with Crippen LogP contribution in [0.5, 0.6) is 5.75 Å². The monoisotopic (exact) mass is 371 g/mol. The molecule has 2 N–H and O–H groups in total. The fourth-order valence-electron chi connectivity index (χ4n) is 1.97. The second-order valence-electron chi connectivity index (χ2n) is 5.11. The van der Waals surface area contributed by atoms with Gasteiger partial charge in [-0.15, -0.1) is 13.2 Å². The van der Waals surface area contributed by atoms with Gasteiger partial charge in [0.25, 0.3) is 5.91 Å². The van der Waals surface area contributed by atoms with E-state index in [2.05, 4.69) is 20.4 Å². The van der Waals surface area contributed by atoms with Crippen LogP contribution in [0.25, 0.3) is 0 Å². The summed E-state index contributed by atoms with van der Waals surface area (Å²) in [4.78, 5) is 26.9. The maximum atomic E-state index is 13.4. The molecule has 0 aliphatic carbocycles. The average molecular weight is 371 g/mol. The molecule has 0 atom stereocenters. The highest BCUT2D eigenvalue weighted by Crippen LogP contribution is 2.26. The smallest absolute Gasteiger partial charge is 0.403 e. The van der Waals surface area contributed by atoms with Crippen molar-refractivity contribution in [1.82, 2.24) is 10.3 Å². The van der Waals surface area contributed by atoms with E-state index in [4.69, 9.17) is 0 Å². The van der Waals surface area contributed by atoms with Crippen LogP contribution in [-0.4, -0.2) is 23.2 Å². The summed E-state index contributed by atoms with van der Waals surface area (Å²) < 4.78 is 53.6. The zero-order valence-electron chi connectivity index (χ0n) is 13.4. The third-order valence-electron chi connectivity index (χ3n) is 3.00. The van der Waals surface area contributed by atoms with Crippen molar-refractivity contribution < 1.29 is 31.9 Å². The number of hydrogen-bond acceptors (Lipinski definition) is 4. The van der Waals surface area contributed by atoms with Gasteiger partial charge in [-0.1, -0.05) is 6.07 Å². The highest BCUT2D eigenvalue weighted by Gasteiger charge is 2.32. The molecule has 0 aliphatic rings. The molecule has 1 heterocycles. The molecular weight excluding hydrogens is 358 g/mol.